The average molecular weight is 435 g/mol. The molecule has 0 aliphatic carbocycles. The van der Waals surface area contributed by atoms with Gasteiger partial charge in [0.2, 0.25) is 17.1 Å². The first-order valence-corrected chi connectivity index (χ1v) is 9.84. The summed E-state index contributed by atoms with van der Waals surface area (Å²) < 4.78 is 26.1. The van der Waals surface area contributed by atoms with E-state index >= 15 is 0 Å². The van der Waals surface area contributed by atoms with Crippen LogP contribution in [0.15, 0.2) is 48.5 Å². The molecule has 6 nitrogen and oxygen atoms in total. The maximum atomic E-state index is 14.2. The number of hydrogen-bond donors (Lipinski definition) is 1. The molecule has 2 heterocycles. The zero-order chi connectivity index (χ0) is 22.4. The molecule has 0 saturated carbocycles. The van der Waals surface area contributed by atoms with E-state index in [4.69, 9.17) is 26.5 Å². The first kappa shape index (κ1) is 20.8. The third-order valence-corrected chi connectivity index (χ3v) is 6.55. The highest BCUT2D eigenvalue weighted by molar-refractivity contribution is 6.30. The van der Waals surface area contributed by atoms with Crippen molar-refractivity contribution in [3.63, 3.8) is 0 Å². The predicted molar refractivity (Wildman–Crippen MR) is 108 cm³/mol. The lowest BCUT2D eigenvalue weighted by molar-refractivity contribution is -0.272. The maximum absolute atomic E-state index is 14.2. The van der Waals surface area contributed by atoms with Crippen LogP contribution in [0, 0.1) is 62.0 Å². The molecule has 2 aromatic rings. The number of nitrogens with one attached hydrogen (secondary N) is 1. The zero-order valence-electron chi connectivity index (χ0n) is 16.4. The zero-order valence-corrected chi connectivity index (χ0v) is 17.2. The van der Waals surface area contributed by atoms with Gasteiger partial charge in [0.25, 0.3) is 0 Å². The van der Waals surface area contributed by atoms with Crippen LogP contribution in [0.4, 0.5) is 4.39 Å². The number of ether oxygens (including phenoxy) is 2. The van der Waals surface area contributed by atoms with Crippen molar-refractivity contribution in [3.05, 3.63) is 70.5 Å². The average Bonchev–Trinajstić information content (AvgIpc) is 2.93. The molecule has 2 bridgehead atoms. The Balaban J connectivity index is 1.95. The van der Waals surface area contributed by atoms with Gasteiger partial charge in [0.05, 0.1) is 29.1 Å². The van der Waals surface area contributed by atoms with Crippen molar-refractivity contribution in [1.29, 1.82) is 21.2 Å². The summed E-state index contributed by atoms with van der Waals surface area (Å²) in [5, 5.41) is 39.2. The second kappa shape index (κ2) is 7.06. The second-order valence-corrected chi connectivity index (χ2v) is 8.22. The SMILES string of the molecule is CC12OC(=N)C(C#N)(C1Cc1ccccc1)C(C#N)(C#N)C(c1ccc(Cl)c(F)c1)O2. The summed E-state index contributed by atoms with van der Waals surface area (Å²) in [5.41, 5.74) is -3.09. The van der Waals surface area contributed by atoms with E-state index in [1.807, 2.05) is 42.5 Å². The Morgan fingerprint density at radius 1 is 1.10 bits per heavy atom. The van der Waals surface area contributed by atoms with Crippen molar-refractivity contribution in [3.8, 4) is 18.2 Å². The van der Waals surface area contributed by atoms with Gasteiger partial charge in [0, 0.05) is 6.92 Å². The lowest BCUT2D eigenvalue weighted by Gasteiger charge is -2.48. The number of nitrogens with zero attached hydrogens (tertiary/aromatic N) is 3. The summed E-state index contributed by atoms with van der Waals surface area (Å²) in [5.74, 6) is -3.56. The van der Waals surface area contributed by atoms with E-state index in [0.29, 0.717) is 0 Å². The molecular formula is C23H16ClFN4O2. The third-order valence-electron chi connectivity index (χ3n) is 6.24. The Kier molecular flexibility index (Phi) is 4.74. The van der Waals surface area contributed by atoms with Gasteiger partial charge < -0.3 is 9.47 Å². The monoisotopic (exact) mass is 434 g/mol. The fraction of sp³-hybridized carbons (Fsp3) is 0.304. The van der Waals surface area contributed by atoms with Crippen LogP contribution in [0.5, 0.6) is 0 Å². The van der Waals surface area contributed by atoms with Gasteiger partial charge in [-0.3, -0.25) is 5.41 Å². The smallest absolute Gasteiger partial charge is 0.215 e. The number of fused-ring (bicyclic) bond motifs is 2. The molecule has 0 aromatic heterocycles. The van der Waals surface area contributed by atoms with Gasteiger partial charge in [-0.15, -0.1) is 0 Å². The van der Waals surface area contributed by atoms with Gasteiger partial charge >= 0.3 is 0 Å². The second-order valence-electron chi connectivity index (χ2n) is 7.81. The Bertz CT molecular complexity index is 1180. The van der Waals surface area contributed by atoms with Gasteiger partial charge in [0.15, 0.2) is 5.41 Å². The fourth-order valence-electron chi connectivity index (χ4n) is 4.71. The van der Waals surface area contributed by atoms with Crippen molar-refractivity contribution < 1.29 is 13.9 Å². The first-order valence-electron chi connectivity index (χ1n) is 9.46. The molecule has 0 radical (unpaired) electrons. The Morgan fingerprint density at radius 3 is 2.35 bits per heavy atom. The molecule has 4 atom stereocenters. The Labute approximate surface area is 183 Å². The van der Waals surface area contributed by atoms with E-state index in [2.05, 4.69) is 6.07 Å². The minimum Gasteiger partial charge on any atom is -0.448 e. The predicted octanol–water partition coefficient (Wildman–Crippen LogP) is 4.68. The molecule has 2 saturated heterocycles. The van der Waals surface area contributed by atoms with Crippen LogP contribution in [0.25, 0.3) is 0 Å². The van der Waals surface area contributed by atoms with E-state index in [0.717, 1.165) is 11.6 Å². The molecule has 0 amide bonds. The molecule has 2 aliphatic rings. The molecule has 4 rings (SSSR count). The molecule has 4 unspecified atom stereocenters. The van der Waals surface area contributed by atoms with Crippen LogP contribution in [0.2, 0.25) is 5.02 Å². The Hall–Kier alpha value is -3.44. The number of benzene rings is 2. The topological polar surface area (TPSA) is 114 Å². The van der Waals surface area contributed by atoms with Crippen molar-refractivity contribution >= 4 is 17.5 Å². The number of hydrogen-bond acceptors (Lipinski definition) is 6. The minimum atomic E-state index is -2.16. The van der Waals surface area contributed by atoms with Gasteiger partial charge in [-0.1, -0.05) is 48.0 Å². The van der Waals surface area contributed by atoms with Gasteiger partial charge in [-0.05, 0) is 29.7 Å². The highest BCUT2D eigenvalue weighted by atomic mass is 35.5. The number of halogens is 2. The molecule has 0 spiro atoms. The lowest BCUT2D eigenvalue weighted by Crippen LogP contribution is -2.59. The summed E-state index contributed by atoms with van der Waals surface area (Å²) in [6.07, 6.45) is -1.10. The fourth-order valence-corrected chi connectivity index (χ4v) is 4.83. The van der Waals surface area contributed by atoms with E-state index in [9.17, 15) is 20.2 Å². The minimum absolute atomic E-state index is 0.130. The van der Waals surface area contributed by atoms with Crippen LogP contribution >= 0.6 is 11.6 Å². The summed E-state index contributed by atoms with van der Waals surface area (Å²) in [7, 11) is 0. The molecule has 2 fully saturated rings. The van der Waals surface area contributed by atoms with Gasteiger partial charge in [-0.25, -0.2) is 4.39 Å². The van der Waals surface area contributed by atoms with Crippen molar-refractivity contribution in [2.75, 3.05) is 0 Å². The quantitative estimate of drug-likeness (QED) is 0.753. The maximum Gasteiger partial charge on any atom is 0.215 e. The summed E-state index contributed by atoms with van der Waals surface area (Å²) in [6.45, 7) is 1.58. The van der Waals surface area contributed by atoms with Gasteiger partial charge in [-0.2, -0.15) is 15.8 Å². The third kappa shape index (κ3) is 2.66. The summed E-state index contributed by atoms with van der Waals surface area (Å²) in [6, 6.07) is 19.0. The molecule has 2 aliphatic heterocycles. The molecule has 1 N–H and O–H groups in total. The van der Waals surface area contributed by atoms with Gasteiger partial charge in [0.1, 0.15) is 11.9 Å². The number of nitriles is 3. The number of rotatable bonds is 3. The molecule has 8 heteroatoms. The van der Waals surface area contributed by atoms with Crippen LogP contribution < -0.4 is 0 Å². The first-order chi connectivity index (χ1) is 14.8. The summed E-state index contributed by atoms with van der Waals surface area (Å²) >= 11 is 5.79. The standard InChI is InChI=1S/C23H16ClFN4O2/c1-21-18(9-14-5-3-2-4-6-14)23(13-28,20(29)31-21)22(11-26,12-27)19(30-21)15-7-8-16(24)17(25)10-15/h2-8,10,18-19,29H,9H2,1H3. The van der Waals surface area contributed by atoms with Crippen LogP contribution in [0.1, 0.15) is 24.2 Å². The van der Waals surface area contributed by atoms with E-state index in [-0.39, 0.29) is 17.0 Å². The van der Waals surface area contributed by atoms with Crippen molar-refractivity contribution in [2.45, 2.75) is 25.2 Å². The van der Waals surface area contributed by atoms with Crippen LogP contribution in [-0.2, 0) is 15.9 Å². The lowest BCUT2D eigenvalue weighted by atomic mass is 9.52. The molecule has 2 aromatic carbocycles. The molecule has 31 heavy (non-hydrogen) atoms. The van der Waals surface area contributed by atoms with Crippen molar-refractivity contribution in [1.82, 2.24) is 0 Å². The molecule has 154 valence electrons. The summed E-state index contributed by atoms with van der Waals surface area (Å²) in [4.78, 5) is 0. The largest absolute Gasteiger partial charge is 0.448 e. The Morgan fingerprint density at radius 2 is 1.77 bits per heavy atom. The van der Waals surface area contributed by atoms with E-state index in [1.165, 1.54) is 12.1 Å². The van der Waals surface area contributed by atoms with Crippen LogP contribution in [0.3, 0.4) is 0 Å². The highest BCUT2D eigenvalue weighted by Gasteiger charge is 2.79. The molecular weight excluding hydrogens is 419 g/mol. The van der Waals surface area contributed by atoms with E-state index < -0.39 is 40.4 Å². The van der Waals surface area contributed by atoms with Crippen molar-refractivity contribution in [2.24, 2.45) is 16.7 Å². The van der Waals surface area contributed by atoms with E-state index in [1.54, 1.807) is 6.92 Å². The van der Waals surface area contributed by atoms with Crippen LogP contribution in [-0.4, -0.2) is 11.7 Å². The highest BCUT2D eigenvalue weighted by Crippen LogP contribution is 2.67. The normalized spacial score (nSPS) is 30.5.